The lowest BCUT2D eigenvalue weighted by atomic mass is 10.1. The summed E-state index contributed by atoms with van der Waals surface area (Å²) in [6, 6.07) is 12.3. The van der Waals surface area contributed by atoms with Crippen LogP contribution in [0.1, 0.15) is 24.3 Å². The third-order valence-electron chi connectivity index (χ3n) is 2.79. The van der Waals surface area contributed by atoms with Gasteiger partial charge < -0.3 is 15.1 Å². The van der Waals surface area contributed by atoms with Crippen molar-refractivity contribution in [3.63, 3.8) is 0 Å². The zero-order chi connectivity index (χ0) is 13.1. The highest BCUT2D eigenvalue weighted by Gasteiger charge is 2.08. The van der Waals surface area contributed by atoms with E-state index in [9.17, 15) is 0 Å². The largest absolute Gasteiger partial charge is 0.459 e. The minimum atomic E-state index is -0.0660. The fourth-order valence-corrected chi connectivity index (χ4v) is 1.94. The predicted molar refractivity (Wildman–Crippen MR) is 74.1 cm³/mol. The van der Waals surface area contributed by atoms with E-state index in [1.807, 2.05) is 19.1 Å². The predicted octanol–water partition coefficient (Wildman–Crippen LogP) is 3.03. The monoisotopic (exact) mass is 244 g/mol. The van der Waals surface area contributed by atoms with Crippen LogP contribution in [0.5, 0.6) is 0 Å². The zero-order valence-corrected chi connectivity index (χ0v) is 11.2. The molecule has 0 amide bonds. The maximum Gasteiger partial charge on any atom is 0.134 e. The van der Waals surface area contributed by atoms with Crippen molar-refractivity contribution in [1.82, 2.24) is 4.90 Å². The molecule has 0 aliphatic carbocycles. The van der Waals surface area contributed by atoms with Gasteiger partial charge in [-0.15, -0.1) is 0 Å². The van der Waals surface area contributed by atoms with E-state index in [2.05, 4.69) is 43.3 Å². The first-order valence-corrected chi connectivity index (χ1v) is 6.15. The first-order chi connectivity index (χ1) is 8.56. The molecular formula is C15H20N2O. The maximum atomic E-state index is 5.80. The molecule has 3 nitrogen and oxygen atoms in total. The number of benzene rings is 1. The van der Waals surface area contributed by atoms with E-state index in [0.717, 1.165) is 23.6 Å². The lowest BCUT2D eigenvalue weighted by molar-refractivity contribution is 0.402. The SMILES string of the molecule is CC(N)c1ccc(-c2cccc(CN(C)C)c2)o1. The third-order valence-corrected chi connectivity index (χ3v) is 2.79. The number of nitrogens with zero attached hydrogens (tertiary/aromatic N) is 1. The van der Waals surface area contributed by atoms with Gasteiger partial charge in [0, 0.05) is 12.1 Å². The summed E-state index contributed by atoms with van der Waals surface area (Å²) >= 11 is 0. The van der Waals surface area contributed by atoms with Gasteiger partial charge in [0.25, 0.3) is 0 Å². The van der Waals surface area contributed by atoms with Crippen LogP contribution in [0.4, 0.5) is 0 Å². The van der Waals surface area contributed by atoms with Gasteiger partial charge in [0.05, 0.1) is 6.04 Å². The number of rotatable bonds is 4. The summed E-state index contributed by atoms with van der Waals surface area (Å²) in [7, 11) is 4.13. The molecule has 2 aromatic rings. The molecule has 1 atom stereocenters. The van der Waals surface area contributed by atoms with Crippen molar-refractivity contribution in [2.75, 3.05) is 14.1 Å². The summed E-state index contributed by atoms with van der Waals surface area (Å²) in [5.41, 5.74) is 8.17. The van der Waals surface area contributed by atoms with Crippen molar-refractivity contribution < 1.29 is 4.42 Å². The summed E-state index contributed by atoms with van der Waals surface area (Å²) < 4.78 is 5.75. The van der Waals surface area contributed by atoms with Crippen LogP contribution in [0.3, 0.4) is 0 Å². The van der Waals surface area contributed by atoms with Gasteiger partial charge in [0.1, 0.15) is 11.5 Å². The second kappa shape index (κ2) is 5.38. The number of hydrogen-bond acceptors (Lipinski definition) is 3. The van der Waals surface area contributed by atoms with Crippen molar-refractivity contribution in [3.8, 4) is 11.3 Å². The molecule has 0 bridgehead atoms. The Morgan fingerprint density at radius 3 is 2.61 bits per heavy atom. The molecule has 2 rings (SSSR count). The molecule has 0 spiro atoms. The Morgan fingerprint density at radius 2 is 2.00 bits per heavy atom. The molecule has 1 heterocycles. The highest BCUT2D eigenvalue weighted by Crippen LogP contribution is 2.25. The average Bonchev–Trinajstić information content (AvgIpc) is 2.77. The molecule has 0 aliphatic rings. The quantitative estimate of drug-likeness (QED) is 0.899. The van der Waals surface area contributed by atoms with Crippen molar-refractivity contribution >= 4 is 0 Å². The van der Waals surface area contributed by atoms with E-state index in [4.69, 9.17) is 10.2 Å². The second-order valence-corrected chi connectivity index (χ2v) is 4.93. The van der Waals surface area contributed by atoms with Crippen LogP contribution in [0.25, 0.3) is 11.3 Å². The summed E-state index contributed by atoms with van der Waals surface area (Å²) in [6.07, 6.45) is 0. The standard InChI is InChI=1S/C15H20N2O/c1-11(16)14-7-8-15(18-14)13-6-4-5-12(9-13)10-17(2)3/h4-9,11H,10,16H2,1-3H3. The van der Waals surface area contributed by atoms with Crippen LogP contribution in [-0.2, 0) is 6.54 Å². The molecule has 3 heteroatoms. The molecule has 1 aromatic heterocycles. The second-order valence-electron chi connectivity index (χ2n) is 4.93. The number of nitrogens with two attached hydrogens (primary N) is 1. The fourth-order valence-electron chi connectivity index (χ4n) is 1.94. The Bertz CT molecular complexity index is 515. The first-order valence-electron chi connectivity index (χ1n) is 6.15. The average molecular weight is 244 g/mol. The lowest BCUT2D eigenvalue weighted by Crippen LogP contribution is -2.10. The molecule has 0 fully saturated rings. The highest BCUT2D eigenvalue weighted by molar-refractivity contribution is 5.58. The fraction of sp³-hybridized carbons (Fsp3) is 0.333. The molecular weight excluding hydrogens is 224 g/mol. The summed E-state index contributed by atoms with van der Waals surface area (Å²) in [4.78, 5) is 2.15. The normalized spacial score (nSPS) is 12.9. The molecule has 1 aromatic carbocycles. The van der Waals surface area contributed by atoms with Gasteiger partial charge in [-0.05, 0) is 44.8 Å². The van der Waals surface area contributed by atoms with E-state index in [0.29, 0.717) is 0 Å². The maximum absolute atomic E-state index is 5.80. The molecule has 0 radical (unpaired) electrons. The Balaban J connectivity index is 2.26. The Kier molecular flexibility index (Phi) is 3.84. The topological polar surface area (TPSA) is 42.4 Å². The minimum Gasteiger partial charge on any atom is -0.459 e. The van der Waals surface area contributed by atoms with Gasteiger partial charge in [-0.1, -0.05) is 18.2 Å². The summed E-state index contributed by atoms with van der Waals surface area (Å²) in [5.74, 6) is 1.70. The molecule has 0 aliphatic heterocycles. The van der Waals surface area contributed by atoms with Crippen molar-refractivity contribution in [1.29, 1.82) is 0 Å². The Hall–Kier alpha value is -1.58. The van der Waals surface area contributed by atoms with E-state index < -0.39 is 0 Å². The summed E-state index contributed by atoms with van der Waals surface area (Å²) in [5, 5.41) is 0. The van der Waals surface area contributed by atoms with Gasteiger partial charge in [-0.2, -0.15) is 0 Å². The van der Waals surface area contributed by atoms with E-state index in [1.165, 1.54) is 5.56 Å². The van der Waals surface area contributed by atoms with Crippen LogP contribution in [0.2, 0.25) is 0 Å². The number of furan rings is 1. The smallest absolute Gasteiger partial charge is 0.134 e. The highest BCUT2D eigenvalue weighted by atomic mass is 16.3. The molecule has 0 saturated carbocycles. The van der Waals surface area contributed by atoms with Crippen LogP contribution >= 0.6 is 0 Å². The Morgan fingerprint density at radius 1 is 1.22 bits per heavy atom. The number of hydrogen-bond donors (Lipinski definition) is 1. The van der Waals surface area contributed by atoms with Gasteiger partial charge >= 0.3 is 0 Å². The van der Waals surface area contributed by atoms with Crippen LogP contribution in [0.15, 0.2) is 40.8 Å². The van der Waals surface area contributed by atoms with Gasteiger partial charge in [0.2, 0.25) is 0 Å². The van der Waals surface area contributed by atoms with E-state index in [1.54, 1.807) is 0 Å². The molecule has 96 valence electrons. The molecule has 2 N–H and O–H groups in total. The van der Waals surface area contributed by atoms with Gasteiger partial charge in [-0.3, -0.25) is 0 Å². The Labute approximate surface area is 108 Å². The van der Waals surface area contributed by atoms with Crippen LogP contribution in [0, 0.1) is 0 Å². The van der Waals surface area contributed by atoms with Crippen LogP contribution in [-0.4, -0.2) is 19.0 Å². The minimum absolute atomic E-state index is 0.0660. The molecule has 18 heavy (non-hydrogen) atoms. The third kappa shape index (κ3) is 3.00. The van der Waals surface area contributed by atoms with E-state index in [-0.39, 0.29) is 6.04 Å². The zero-order valence-electron chi connectivity index (χ0n) is 11.2. The van der Waals surface area contributed by atoms with E-state index >= 15 is 0 Å². The van der Waals surface area contributed by atoms with Crippen molar-refractivity contribution in [3.05, 3.63) is 47.7 Å². The first kappa shape index (κ1) is 12.9. The van der Waals surface area contributed by atoms with Gasteiger partial charge in [-0.25, -0.2) is 0 Å². The van der Waals surface area contributed by atoms with Crippen molar-refractivity contribution in [2.45, 2.75) is 19.5 Å². The molecule has 1 unspecified atom stereocenters. The van der Waals surface area contributed by atoms with Crippen molar-refractivity contribution in [2.24, 2.45) is 5.73 Å². The van der Waals surface area contributed by atoms with Gasteiger partial charge in [0.15, 0.2) is 0 Å². The van der Waals surface area contributed by atoms with Crippen LogP contribution < -0.4 is 5.73 Å². The summed E-state index contributed by atoms with van der Waals surface area (Å²) in [6.45, 7) is 2.85. The molecule has 0 saturated heterocycles. The lowest BCUT2D eigenvalue weighted by Gasteiger charge is -2.10.